The van der Waals surface area contributed by atoms with Crippen LogP contribution < -0.4 is 0 Å². The summed E-state index contributed by atoms with van der Waals surface area (Å²) in [7, 11) is 1.35. The first kappa shape index (κ1) is 9.93. The molecule has 4 heteroatoms. The van der Waals surface area contributed by atoms with E-state index in [9.17, 15) is 9.90 Å². The minimum absolute atomic E-state index is 0.0671. The van der Waals surface area contributed by atoms with Gasteiger partial charge in [-0.25, -0.2) is 4.79 Å². The minimum Gasteiger partial charge on any atom is -0.467 e. The summed E-state index contributed by atoms with van der Waals surface area (Å²) < 4.78 is 4.69. The van der Waals surface area contributed by atoms with Gasteiger partial charge in [0.25, 0.3) is 0 Å². The van der Waals surface area contributed by atoms with Crippen LogP contribution in [0.1, 0.15) is 19.3 Å². The number of methoxy groups -OCH3 is 1. The lowest BCUT2D eigenvalue weighted by Crippen LogP contribution is -2.46. The summed E-state index contributed by atoms with van der Waals surface area (Å²) in [5.41, 5.74) is -1.22. The van der Waals surface area contributed by atoms with Gasteiger partial charge in [0.15, 0.2) is 5.60 Å². The maximum atomic E-state index is 11.5. The molecule has 2 saturated heterocycles. The lowest BCUT2D eigenvalue weighted by atomic mass is 9.83. The van der Waals surface area contributed by atoms with Crippen LogP contribution in [0.5, 0.6) is 0 Å². The third-order valence-corrected chi connectivity index (χ3v) is 3.52. The molecule has 0 amide bonds. The molecule has 0 saturated carbocycles. The zero-order chi connectivity index (χ0) is 10.2. The van der Waals surface area contributed by atoms with E-state index in [4.69, 9.17) is 4.74 Å². The van der Waals surface area contributed by atoms with Crippen LogP contribution in [0.3, 0.4) is 0 Å². The molecule has 0 aromatic heterocycles. The quantitative estimate of drug-likeness (QED) is 0.604. The number of esters is 1. The standard InChI is InChI=1S/C10H17NO3/c1-14-9(12)10(13)4-2-5-11-6-3-8(10)7-11/h8,13H,2-7H2,1H3. The van der Waals surface area contributed by atoms with Crippen LogP contribution in [0.4, 0.5) is 0 Å². The Morgan fingerprint density at radius 3 is 3.07 bits per heavy atom. The number of ether oxygens (including phenoxy) is 1. The van der Waals surface area contributed by atoms with Gasteiger partial charge in [-0.15, -0.1) is 0 Å². The fourth-order valence-electron chi connectivity index (χ4n) is 2.65. The van der Waals surface area contributed by atoms with Gasteiger partial charge >= 0.3 is 5.97 Å². The lowest BCUT2D eigenvalue weighted by molar-refractivity contribution is -0.168. The van der Waals surface area contributed by atoms with Crippen LogP contribution in [-0.4, -0.2) is 48.3 Å². The van der Waals surface area contributed by atoms with Gasteiger partial charge in [-0.2, -0.15) is 0 Å². The Morgan fingerprint density at radius 2 is 2.36 bits per heavy atom. The number of aliphatic hydroxyl groups is 1. The van der Waals surface area contributed by atoms with Crippen molar-refractivity contribution in [1.82, 2.24) is 4.90 Å². The Bertz CT molecular complexity index is 244. The molecule has 2 aliphatic heterocycles. The maximum Gasteiger partial charge on any atom is 0.338 e. The molecule has 80 valence electrons. The highest BCUT2D eigenvalue weighted by molar-refractivity contribution is 5.79. The van der Waals surface area contributed by atoms with Crippen LogP contribution in [0, 0.1) is 5.92 Å². The number of hydrogen-bond donors (Lipinski definition) is 1. The Kier molecular flexibility index (Phi) is 2.49. The van der Waals surface area contributed by atoms with Crippen LogP contribution >= 0.6 is 0 Å². The molecule has 3 unspecified atom stereocenters. The fraction of sp³-hybridized carbons (Fsp3) is 0.900. The Hall–Kier alpha value is -0.610. The highest BCUT2D eigenvalue weighted by Crippen LogP contribution is 2.35. The van der Waals surface area contributed by atoms with E-state index in [2.05, 4.69) is 4.90 Å². The SMILES string of the molecule is COC(=O)C1(O)CCCN2CCC1C2. The van der Waals surface area contributed by atoms with Crippen LogP contribution in [0.15, 0.2) is 0 Å². The maximum absolute atomic E-state index is 11.5. The van der Waals surface area contributed by atoms with Gasteiger partial charge in [0.05, 0.1) is 7.11 Å². The third-order valence-electron chi connectivity index (χ3n) is 3.52. The Morgan fingerprint density at radius 1 is 1.57 bits per heavy atom. The number of nitrogens with zero attached hydrogens (tertiary/aromatic N) is 1. The van der Waals surface area contributed by atoms with E-state index < -0.39 is 11.6 Å². The smallest absolute Gasteiger partial charge is 0.338 e. The van der Waals surface area contributed by atoms with Crippen LogP contribution in [-0.2, 0) is 9.53 Å². The molecule has 2 fully saturated rings. The molecular formula is C10H17NO3. The number of carbonyl (C=O) groups excluding carboxylic acids is 1. The highest BCUT2D eigenvalue weighted by Gasteiger charge is 2.48. The molecular weight excluding hydrogens is 182 g/mol. The minimum atomic E-state index is -1.22. The first-order valence-electron chi connectivity index (χ1n) is 5.20. The summed E-state index contributed by atoms with van der Waals surface area (Å²) in [4.78, 5) is 13.8. The Labute approximate surface area is 83.8 Å². The molecule has 0 aromatic carbocycles. The van der Waals surface area contributed by atoms with Crippen molar-refractivity contribution in [2.45, 2.75) is 24.9 Å². The van der Waals surface area contributed by atoms with Gasteiger partial charge in [-0.05, 0) is 32.4 Å². The number of rotatable bonds is 1. The first-order valence-corrected chi connectivity index (χ1v) is 5.20. The van der Waals surface area contributed by atoms with Crippen molar-refractivity contribution in [2.75, 3.05) is 26.7 Å². The molecule has 2 heterocycles. The van der Waals surface area contributed by atoms with Crippen molar-refractivity contribution in [3.8, 4) is 0 Å². The van der Waals surface area contributed by atoms with Crippen molar-refractivity contribution in [1.29, 1.82) is 0 Å². The lowest BCUT2D eigenvalue weighted by Gasteiger charge is -2.29. The summed E-state index contributed by atoms with van der Waals surface area (Å²) in [6.07, 6.45) is 2.33. The van der Waals surface area contributed by atoms with E-state index in [0.717, 1.165) is 32.5 Å². The molecule has 2 bridgehead atoms. The summed E-state index contributed by atoms with van der Waals surface area (Å²) in [6, 6.07) is 0. The summed E-state index contributed by atoms with van der Waals surface area (Å²) >= 11 is 0. The molecule has 4 nitrogen and oxygen atoms in total. The van der Waals surface area contributed by atoms with Crippen molar-refractivity contribution in [3.05, 3.63) is 0 Å². The van der Waals surface area contributed by atoms with E-state index >= 15 is 0 Å². The van der Waals surface area contributed by atoms with Gasteiger partial charge in [-0.3, -0.25) is 0 Å². The zero-order valence-corrected chi connectivity index (χ0v) is 8.53. The molecule has 14 heavy (non-hydrogen) atoms. The molecule has 3 atom stereocenters. The summed E-state index contributed by atoms with van der Waals surface area (Å²) in [6.45, 7) is 2.84. The molecule has 0 aliphatic carbocycles. The van der Waals surface area contributed by atoms with E-state index in [1.165, 1.54) is 7.11 Å². The van der Waals surface area contributed by atoms with Gasteiger partial charge < -0.3 is 14.7 Å². The first-order chi connectivity index (χ1) is 6.66. The highest BCUT2D eigenvalue weighted by atomic mass is 16.5. The predicted octanol–water partition coefficient (Wildman–Crippen LogP) is 0.00620. The number of carbonyl (C=O) groups is 1. The van der Waals surface area contributed by atoms with Crippen molar-refractivity contribution in [2.24, 2.45) is 5.92 Å². The second-order valence-electron chi connectivity index (χ2n) is 4.31. The predicted molar refractivity (Wildman–Crippen MR) is 50.7 cm³/mol. The molecule has 0 aromatic rings. The summed E-state index contributed by atoms with van der Waals surface area (Å²) in [5.74, 6) is -0.385. The van der Waals surface area contributed by atoms with Crippen molar-refractivity contribution in [3.63, 3.8) is 0 Å². The molecule has 0 spiro atoms. The third kappa shape index (κ3) is 1.42. The molecule has 2 rings (SSSR count). The van der Waals surface area contributed by atoms with Crippen molar-refractivity contribution >= 4 is 5.97 Å². The van der Waals surface area contributed by atoms with E-state index in [-0.39, 0.29) is 5.92 Å². The zero-order valence-electron chi connectivity index (χ0n) is 8.53. The number of fused-ring (bicyclic) bond motifs is 2. The van der Waals surface area contributed by atoms with Crippen LogP contribution in [0.25, 0.3) is 0 Å². The van der Waals surface area contributed by atoms with Gasteiger partial charge in [-0.1, -0.05) is 0 Å². The fourth-order valence-corrected chi connectivity index (χ4v) is 2.65. The topological polar surface area (TPSA) is 49.8 Å². The largest absolute Gasteiger partial charge is 0.467 e. The van der Waals surface area contributed by atoms with Crippen molar-refractivity contribution < 1.29 is 14.6 Å². The van der Waals surface area contributed by atoms with Gasteiger partial charge in [0.1, 0.15) is 0 Å². The van der Waals surface area contributed by atoms with Gasteiger partial charge in [0.2, 0.25) is 0 Å². The molecule has 1 N–H and O–H groups in total. The second-order valence-corrected chi connectivity index (χ2v) is 4.31. The van der Waals surface area contributed by atoms with E-state index in [1.807, 2.05) is 0 Å². The molecule has 2 aliphatic rings. The van der Waals surface area contributed by atoms with Gasteiger partial charge in [0, 0.05) is 12.5 Å². The van der Waals surface area contributed by atoms with E-state index in [1.54, 1.807) is 0 Å². The average molecular weight is 199 g/mol. The monoisotopic (exact) mass is 199 g/mol. The number of hydrogen-bond acceptors (Lipinski definition) is 4. The Balaban J connectivity index is 2.19. The second kappa shape index (κ2) is 3.51. The average Bonchev–Trinajstić information content (AvgIpc) is 2.57. The summed E-state index contributed by atoms with van der Waals surface area (Å²) in [5, 5.41) is 10.3. The van der Waals surface area contributed by atoms with Crippen LogP contribution in [0.2, 0.25) is 0 Å². The molecule has 0 radical (unpaired) electrons. The normalized spacial score (nSPS) is 41.9. The van der Waals surface area contributed by atoms with E-state index in [0.29, 0.717) is 6.42 Å².